The van der Waals surface area contributed by atoms with Gasteiger partial charge in [0.25, 0.3) is 0 Å². The van der Waals surface area contributed by atoms with Crippen LogP contribution in [0.15, 0.2) is 36.4 Å². The summed E-state index contributed by atoms with van der Waals surface area (Å²) in [6.07, 6.45) is 12.2. The van der Waals surface area contributed by atoms with Gasteiger partial charge in [0.2, 0.25) is 0 Å². The summed E-state index contributed by atoms with van der Waals surface area (Å²) in [5.41, 5.74) is 1.30. The Balaban J connectivity index is 1.33. The number of benzene rings is 1. The minimum absolute atomic E-state index is 0.813. The number of ether oxygens (including phenoxy) is 1. The van der Waals surface area contributed by atoms with Crippen molar-refractivity contribution in [1.29, 1.82) is 0 Å². The molecule has 1 aliphatic carbocycles. The highest BCUT2D eigenvalue weighted by Gasteiger charge is 2.20. The van der Waals surface area contributed by atoms with Gasteiger partial charge in [-0.3, -0.25) is 0 Å². The number of rotatable bonds is 9. The summed E-state index contributed by atoms with van der Waals surface area (Å²) in [7, 11) is 0. The lowest BCUT2D eigenvalue weighted by molar-refractivity contribution is 0.259. The lowest BCUT2D eigenvalue weighted by Gasteiger charge is -2.27. The van der Waals surface area contributed by atoms with E-state index in [1.165, 1.54) is 71.2 Å². The van der Waals surface area contributed by atoms with E-state index in [-0.39, 0.29) is 0 Å². The molecule has 0 N–H and O–H groups in total. The quantitative estimate of drug-likeness (QED) is 0.310. The molecule has 3 aromatic rings. The van der Waals surface area contributed by atoms with Crippen LogP contribution in [-0.2, 0) is 6.42 Å². The standard InChI is InChI=1S/C26H34OS2/c1-3-5-16-27-22-13-11-21(12-14-22)24-18-26-25(29-24)17-23(28-26)15-10-20-8-6-19(4-2)7-9-20/h11-14,17-20H,3-10,15-16H2,1-2H3/t19-,20-. The second kappa shape index (κ2) is 10.1. The molecule has 1 fully saturated rings. The van der Waals surface area contributed by atoms with Gasteiger partial charge in [-0.15, -0.1) is 22.7 Å². The molecular weight excluding hydrogens is 392 g/mol. The van der Waals surface area contributed by atoms with Crippen molar-refractivity contribution in [3.05, 3.63) is 41.3 Å². The maximum Gasteiger partial charge on any atom is 0.119 e. The molecule has 29 heavy (non-hydrogen) atoms. The van der Waals surface area contributed by atoms with Crippen molar-refractivity contribution < 1.29 is 4.74 Å². The zero-order valence-electron chi connectivity index (χ0n) is 17.9. The van der Waals surface area contributed by atoms with E-state index in [4.69, 9.17) is 4.74 Å². The topological polar surface area (TPSA) is 9.23 Å². The Morgan fingerprint density at radius 2 is 1.62 bits per heavy atom. The molecule has 0 amide bonds. The van der Waals surface area contributed by atoms with E-state index >= 15 is 0 Å². The Labute approximate surface area is 184 Å². The summed E-state index contributed by atoms with van der Waals surface area (Å²) < 4.78 is 8.70. The van der Waals surface area contributed by atoms with Gasteiger partial charge in [0.15, 0.2) is 0 Å². The van der Waals surface area contributed by atoms with Crippen LogP contribution >= 0.6 is 22.7 Å². The van der Waals surface area contributed by atoms with Crippen molar-refractivity contribution in [3.63, 3.8) is 0 Å². The Hall–Kier alpha value is -1.32. The molecule has 2 aromatic heterocycles. The van der Waals surface area contributed by atoms with Crippen LogP contribution in [0.2, 0.25) is 0 Å². The molecule has 1 aliphatic rings. The summed E-state index contributed by atoms with van der Waals surface area (Å²) in [4.78, 5) is 2.95. The number of unbranched alkanes of at least 4 members (excludes halogenated alkanes) is 1. The van der Waals surface area contributed by atoms with Crippen molar-refractivity contribution in [2.24, 2.45) is 11.8 Å². The first-order valence-electron chi connectivity index (χ1n) is 11.5. The highest BCUT2D eigenvalue weighted by molar-refractivity contribution is 7.29. The number of aryl methyl sites for hydroxylation is 1. The number of thiophene rings is 2. The first-order valence-corrected chi connectivity index (χ1v) is 13.1. The van der Waals surface area contributed by atoms with Crippen molar-refractivity contribution >= 4 is 32.1 Å². The fourth-order valence-corrected chi connectivity index (χ4v) is 6.92. The summed E-state index contributed by atoms with van der Waals surface area (Å²) in [5.74, 6) is 2.95. The van der Waals surface area contributed by atoms with Crippen molar-refractivity contribution in [3.8, 4) is 16.2 Å². The Bertz CT molecular complexity index is 850. The fourth-order valence-electron chi connectivity index (χ4n) is 4.48. The van der Waals surface area contributed by atoms with Crippen molar-refractivity contribution in [2.75, 3.05) is 6.61 Å². The molecule has 1 nitrogen and oxygen atoms in total. The minimum atomic E-state index is 0.813. The van der Waals surface area contributed by atoms with Crippen LogP contribution in [0.4, 0.5) is 0 Å². The molecule has 0 saturated heterocycles. The van der Waals surface area contributed by atoms with Crippen molar-refractivity contribution in [2.45, 2.75) is 71.6 Å². The van der Waals surface area contributed by atoms with E-state index in [0.29, 0.717) is 0 Å². The van der Waals surface area contributed by atoms with Gasteiger partial charge in [0.05, 0.1) is 6.61 Å². The van der Waals surface area contributed by atoms with E-state index in [1.807, 2.05) is 22.7 Å². The summed E-state index contributed by atoms with van der Waals surface area (Å²) in [6, 6.07) is 13.4. The van der Waals surface area contributed by atoms with E-state index in [1.54, 1.807) is 4.88 Å². The largest absolute Gasteiger partial charge is 0.494 e. The monoisotopic (exact) mass is 426 g/mol. The van der Waals surface area contributed by atoms with Crippen LogP contribution in [0, 0.1) is 11.8 Å². The van der Waals surface area contributed by atoms with Gasteiger partial charge >= 0.3 is 0 Å². The molecule has 1 saturated carbocycles. The smallest absolute Gasteiger partial charge is 0.119 e. The molecule has 1 aromatic carbocycles. The SMILES string of the molecule is CCCCOc1ccc(-c2cc3sc(CC[C@H]4CC[C@H](CC)CC4)cc3s2)cc1. The van der Waals surface area contributed by atoms with Gasteiger partial charge in [0.1, 0.15) is 5.75 Å². The van der Waals surface area contributed by atoms with Gasteiger partial charge in [-0.2, -0.15) is 0 Å². The summed E-state index contributed by atoms with van der Waals surface area (Å²) in [6.45, 7) is 5.36. The third-order valence-corrected chi connectivity index (χ3v) is 8.91. The summed E-state index contributed by atoms with van der Waals surface area (Å²) in [5, 5.41) is 0. The molecular formula is C26H34OS2. The third kappa shape index (κ3) is 5.44. The maximum absolute atomic E-state index is 5.79. The highest BCUT2D eigenvalue weighted by Crippen LogP contribution is 2.40. The van der Waals surface area contributed by atoms with E-state index in [0.717, 1.165) is 30.6 Å². The molecule has 156 valence electrons. The first-order chi connectivity index (χ1) is 14.2. The average Bonchev–Trinajstić information content (AvgIpc) is 3.32. The molecule has 0 radical (unpaired) electrons. The van der Waals surface area contributed by atoms with Crippen LogP contribution in [0.3, 0.4) is 0 Å². The molecule has 0 unspecified atom stereocenters. The number of hydrogen-bond donors (Lipinski definition) is 0. The zero-order valence-corrected chi connectivity index (χ0v) is 19.5. The molecule has 0 atom stereocenters. The zero-order chi connectivity index (χ0) is 20.1. The van der Waals surface area contributed by atoms with E-state index < -0.39 is 0 Å². The van der Waals surface area contributed by atoms with E-state index in [2.05, 4.69) is 50.2 Å². The third-order valence-electron chi connectivity index (χ3n) is 6.51. The molecule has 4 rings (SSSR count). The second-order valence-electron chi connectivity index (χ2n) is 8.61. The highest BCUT2D eigenvalue weighted by atomic mass is 32.1. The average molecular weight is 427 g/mol. The van der Waals surface area contributed by atoms with E-state index in [9.17, 15) is 0 Å². The van der Waals surface area contributed by atoms with Gasteiger partial charge in [0, 0.05) is 19.2 Å². The molecule has 3 heteroatoms. The first kappa shape index (κ1) is 20.9. The lowest BCUT2D eigenvalue weighted by Crippen LogP contribution is -2.14. The Morgan fingerprint density at radius 1 is 0.897 bits per heavy atom. The minimum Gasteiger partial charge on any atom is -0.494 e. The summed E-state index contributed by atoms with van der Waals surface area (Å²) >= 11 is 3.94. The normalized spacial score (nSPS) is 19.7. The molecule has 2 heterocycles. The van der Waals surface area contributed by atoms with Gasteiger partial charge < -0.3 is 4.74 Å². The Morgan fingerprint density at radius 3 is 2.31 bits per heavy atom. The number of fused-ring (bicyclic) bond motifs is 1. The van der Waals surface area contributed by atoms with Crippen LogP contribution in [0.5, 0.6) is 5.75 Å². The predicted molar refractivity (Wildman–Crippen MR) is 130 cm³/mol. The fraction of sp³-hybridized carbons (Fsp3) is 0.538. The predicted octanol–water partition coefficient (Wildman–Crippen LogP) is 8.96. The molecule has 0 bridgehead atoms. The van der Waals surface area contributed by atoms with Crippen LogP contribution in [0.25, 0.3) is 19.8 Å². The van der Waals surface area contributed by atoms with Crippen LogP contribution in [0.1, 0.15) is 70.1 Å². The molecule has 0 spiro atoms. The maximum atomic E-state index is 5.79. The second-order valence-corrected chi connectivity index (χ2v) is 10.9. The van der Waals surface area contributed by atoms with Crippen molar-refractivity contribution in [1.82, 2.24) is 0 Å². The Kier molecular flexibility index (Phi) is 7.31. The van der Waals surface area contributed by atoms with Crippen LogP contribution < -0.4 is 4.74 Å². The van der Waals surface area contributed by atoms with Gasteiger partial charge in [-0.1, -0.05) is 52.4 Å². The van der Waals surface area contributed by atoms with Gasteiger partial charge in [-0.05, 0) is 73.1 Å². The molecule has 0 aliphatic heterocycles. The van der Waals surface area contributed by atoms with Crippen LogP contribution in [-0.4, -0.2) is 6.61 Å². The lowest BCUT2D eigenvalue weighted by atomic mass is 9.79. The number of hydrogen-bond acceptors (Lipinski definition) is 3. The van der Waals surface area contributed by atoms with Gasteiger partial charge in [-0.25, -0.2) is 0 Å².